The van der Waals surface area contributed by atoms with Crippen molar-refractivity contribution >= 4 is 32.2 Å². The minimum absolute atomic E-state index is 0.334. The molecule has 0 spiro atoms. The summed E-state index contributed by atoms with van der Waals surface area (Å²) < 4.78 is 13.3. The molecule has 0 fully saturated rings. The van der Waals surface area contributed by atoms with Gasteiger partial charge in [-0.15, -0.1) is 11.3 Å². The molecular weight excluding hydrogens is 250 g/mol. The first-order valence-corrected chi connectivity index (χ1v) is 8.07. The molecule has 1 aromatic carbocycles. The van der Waals surface area contributed by atoms with Gasteiger partial charge < -0.3 is 5.73 Å². The van der Waals surface area contributed by atoms with Crippen LogP contribution in [0.25, 0.3) is 10.1 Å². The van der Waals surface area contributed by atoms with Crippen LogP contribution < -0.4 is 5.73 Å². The van der Waals surface area contributed by atoms with Gasteiger partial charge in [0.05, 0.1) is 0 Å². The van der Waals surface area contributed by atoms with E-state index in [4.69, 9.17) is 5.73 Å². The van der Waals surface area contributed by atoms with Gasteiger partial charge in [-0.1, -0.05) is 25.1 Å². The van der Waals surface area contributed by atoms with Gasteiger partial charge in [-0.25, -0.2) is 0 Å². The zero-order chi connectivity index (χ0) is 12.3. The van der Waals surface area contributed by atoms with E-state index in [0.717, 1.165) is 0 Å². The summed E-state index contributed by atoms with van der Waals surface area (Å²) in [6.45, 7) is 2.65. The second-order valence-corrected chi connectivity index (χ2v) is 6.76. The third-order valence-corrected chi connectivity index (χ3v) is 5.34. The van der Waals surface area contributed by atoms with Crippen LogP contribution in [0.2, 0.25) is 0 Å². The summed E-state index contributed by atoms with van der Waals surface area (Å²) in [4.78, 5) is 0. The van der Waals surface area contributed by atoms with Crippen molar-refractivity contribution in [2.45, 2.75) is 12.7 Å². The van der Waals surface area contributed by atoms with Crippen LogP contribution in [-0.4, -0.2) is 16.5 Å². The molecule has 0 saturated heterocycles. The van der Waals surface area contributed by atoms with Crippen LogP contribution in [0.3, 0.4) is 0 Å². The molecule has 1 aromatic heterocycles. The second kappa shape index (κ2) is 5.76. The molecule has 2 aromatic rings. The number of hydrogen-bond acceptors (Lipinski definition) is 3. The van der Waals surface area contributed by atoms with E-state index in [1.165, 1.54) is 15.6 Å². The largest absolute Gasteiger partial charge is 0.330 e. The molecule has 4 heteroatoms. The number of benzene rings is 1. The molecule has 2 atom stereocenters. The fraction of sp³-hybridized carbons (Fsp3) is 0.385. The number of rotatable bonds is 5. The molecule has 2 unspecified atom stereocenters. The highest BCUT2D eigenvalue weighted by molar-refractivity contribution is 7.84. The molecule has 2 N–H and O–H groups in total. The molecule has 0 aliphatic carbocycles. The van der Waals surface area contributed by atoms with Gasteiger partial charge in [0.1, 0.15) is 0 Å². The monoisotopic (exact) mass is 267 g/mol. The Balaban J connectivity index is 2.11. The number of nitrogens with two attached hydrogens (primary N) is 1. The summed E-state index contributed by atoms with van der Waals surface area (Å²) in [5, 5.41) is 3.36. The van der Waals surface area contributed by atoms with E-state index < -0.39 is 10.8 Å². The molecule has 0 aliphatic rings. The quantitative estimate of drug-likeness (QED) is 0.905. The lowest BCUT2D eigenvalue weighted by Gasteiger charge is -2.07. The lowest BCUT2D eigenvalue weighted by molar-refractivity contribution is 0.640. The fourth-order valence-electron chi connectivity index (χ4n) is 1.76. The highest BCUT2D eigenvalue weighted by Crippen LogP contribution is 2.26. The van der Waals surface area contributed by atoms with Gasteiger partial charge in [0, 0.05) is 27.0 Å². The van der Waals surface area contributed by atoms with Crippen LogP contribution in [0.15, 0.2) is 29.6 Å². The normalized spacial score (nSPS) is 14.9. The van der Waals surface area contributed by atoms with Gasteiger partial charge in [0.2, 0.25) is 0 Å². The smallest absolute Gasteiger partial charge is 0.0500 e. The molecule has 0 radical (unpaired) electrons. The summed E-state index contributed by atoms with van der Waals surface area (Å²) in [7, 11) is -0.809. The van der Waals surface area contributed by atoms with Crippen molar-refractivity contribution in [3.05, 3.63) is 35.2 Å². The highest BCUT2D eigenvalue weighted by Gasteiger charge is 2.10. The predicted octanol–water partition coefficient (Wildman–Crippen LogP) is 2.74. The molecule has 0 saturated carbocycles. The molecule has 0 amide bonds. The van der Waals surface area contributed by atoms with E-state index in [9.17, 15) is 4.21 Å². The fourth-order valence-corrected chi connectivity index (χ4v) is 4.30. The summed E-state index contributed by atoms with van der Waals surface area (Å²) in [5.74, 6) is 1.68. The topological polar surface area (TPSA) is 43.1 Å². The van der Waals surface area contributed by atoms with E-state index in [1.807, 2.05) is 19.1 Å². The Bertz CT molecular complexity index is 521. The lowest BCUT2D eigenvalue weighted by atomic mass is 10.2. The molecule has 1 heterocycles. The third-order valence-electron chi connectivity index (χ3n) is 2.75. The Morgan fingerprint density at radius 2 is 2.18 bits per heavy atom. The van der Waals surface area contributed by atoms with Crippen LogP contribution >= 0.6 is 11.3 Å². The Labute approximate surface area is 108 Å². The minimum Gasteiger partial charge on any atom is -0.330 e. The van der Waals surface area contributed by atoms with Crippen molar-refractivity contribution in [1.29, 1.82) is 0 Å². The number of thiophene rings is 1. The van der Waals surface area contributed by atoms with Crippen LogP contribution in [-0.2, 0) is 16.6 Å². The van der Waals surface area contributed by atoms with Gasteiger partial charge in [-0.05, 0) is 34.9 Å². The zero-order valence-corrected chi connectivity index (χ0v) is 11.5. The molecule has 17 heavy (non-hydrogen) atoms. The van der Waals surface area contributed by atoms with Gasteiger partial charge in [0.25, 0.3) is 0 Å². The molecule has 2 nitrogen and oxygen atoms in total. The second-order valence-electron chi connectivity index (χ2n) is 4.35. The first-order valence-electron chi connectivity index (χ1n) is 5.71. The molecular formula is C13H17NOS2. The summed E-state index contributed by atoms with van der Waals surface area (Å²) >= 11 is 1.72. The Morgan fingerprint density at radius 1 is 1.41 bits per heavy atom. The molecule has 0 aliphatic heterocycles. The van der Waals surface area contributed by atoms with Crippen molar-refractivity contribution in [2.75, 3.05) is 12.3 Å². The minimum atomic E-state index is -0.809. The van der Waals surface area contributed by atoms with E-state index in [2.05, 4.69) is 17.5 Å². The average Bonchev–Trinajstić information content (AvgIpc) is 2.72. The molecule has 92 valence electrons. The average molecular weight is 267 g/mol. The van der Waals surface area contributed by atoms with Crippen LogP contribution in [0.1, 0.15) is 12.5 Å². The van der Waals surface area contributed by atoms with E-state index >= 15 is 0 Å². The van der Waals surface area contributed by atoms with Crippen molar-refractivity contribution in [2.24, 2.45) is 11.7 Å². The van der Waals surface area contributed by atoms with Crippen molar-refractivity contribution in [3.63, 3.8) is 0 Å². The standard InChI is InChI=1S/C13H17NOS2/c1-10(6-14)8-17(15)9-11-7-16-13-5-3-2-4-12(11)13/h2-5,7,10H,6,8-9,14H2,1H3. The lowest BCUT2D eigenvalue weighted by Crippen LogP contribution is -2.18. The first kappa shape index (κ1) is 12.7. The van der Waals surface area contributed by atoms with Crippen molar-refractivity contribution in [3.8, 4) is 0 Å². The maximum absolute atomic E-state index is 12.0. The van der Waals surface area contributed by atoms with Crippen molar-refractivity contribution in [1.82, 2.24) is 0 Å². The third kappa shape index (κ3) is 3.15. The Kier molecular flexibility index (Phi) is 4.31. The van der Waals surface area contributed by atoms with Gasteiger partial charge >= 0.3 is 0 Å². The maximum atomic E-state index is 12.0. The zero-order valence-electron chi connectivity index (χ0n) is 9.89. The van der Waals surface area contributed by atoms with E-state index in [0.29, 0.717) is 24.0 Å². The summed E-state index contributed by atoms with van der Waals surface area (Å²) in [6, 6.07) is 8.28. The summed E-state index contributed by atoms with van der Waals surface area (Å²) in [6.07, 6.45) is 0. The van der Waals surface area contributed by atoms with Crippen LogP contribution in [0.4, 0.5) is 0 Å². The Hall–Kier alpha value is -0.710. The van der Waals surface area contributed by atoms with Gasteiger partial charge in [-0.2, -0.15) is 0 Å². The van der Waals surface area contributed by atoms with Gasteiger partial charge in [-0.3, -0.25) is 4.21 Å². The van der Waals surface area contributed by atoms with Gasteiger partial charge in [0.15, 0.2) is 0 Å². The SMILES string of the molecule is CC(CN)CS(=O)Cc1csc2ccccc12. The maximum Gasteiger partial charge on any atom is 0.0500 e. The highest BCUT2D eigenvalue weighted by atomic mass is 32.2. The molecule has 0 bridgehead atoms. The first-order chi connectivity index (χ1) is 8.20. The molecule has 2 rings (SSSR count). The van der Waals surface area contributed by atoms with Crippen LogP contribution in [0, 0.1) is 5.92 Å². The van der Waals surface area contributed by atoms with E-state index in [1.54, 1.807) is 11.3 Å². The van der Waals surface area contributed by atoms with Crippen LogP contribution in [0.5, 0.6) is 0 Å². The number of fused-ring (bicyclic) bond motifs is 1. The van der Waals surface area contributed by atoms with Crippen molar-refractivity contribution < 1.29 is 4.21 Å². The predicted molar refractivity (Wildman–Crippen MR) is 76.8 cm³/mol. The Morgan fingerprint density at radius 3 is 2.94 bits per heavy atom. The number of hydrogen-bond donors (Lipinski definition) is 1. The summed E-state index contributed by atoms with van der Waals surface area (Å²) in [5.41, 5.74) is 6.75. The van der Waals surface area contributed by atoms with E-state index in [-0.39, 0.29) is 0 Å².